The monoisotopic (exact) mass is 214 g/mol. The molecule has 0 heterocycles. The third-order valence-corrected chi connectivity index (χ3v) is 3.19. The van der Waals surface area contributed by atoms with Crippen molar-refractivity contribution in [3.63, 3.8) is 0 Å². The molecule has 1 heteroatoms. The predicted molar refractivity (Wildman–Crippen MR) is 52.7 cm³/mol. The molecule has 0 amide bonds. The fourth-order valence-corrected chi connectivity index (χ4v) is 1.56. The summed E-state index contributed by atoms with van der Waals surface area (Å²) in [5.74, 6) is 6.60. The minimum Gasteiger partial charge on any atom is -0.0968 e. The van der Waals surface area contributed by atoms with Crippen molar-refractivity contribution in [1.82, 2.24) is 0 Å². The van der Waals surface area contributed by atoms with Crippen molar-refractivity contribution in [2.24, 2.45) is 10.8 Å². The van der Waals surface area contributed by atoms with Gasteiger partial charge in [0, 0.05) is 15.7 Å². The van der Waals surface area contributed by atoms with E-state index in [4.69, 9.17) is 0 Å². The van der Waals surface area contributed by atoms with Gasteiger partial charge in [-0.1, -0.05) is 27.8 Å². The van der Waals surface area contributed by atoms with Crippen molar-refractivity contribution >= 4 is 15.9 Å². The highest BCUT2D eigenvalue weighted by molar-refractivity contribution is 9.09. The van der Waals surface area contributed by atoms with Crippen LogP contribution in [0.2, 0.25) is 0 Å². The van der Waals surface area contributed by atoms with Crippen LogP contribution >= 0.6 is 15.9 Å². The zero-order valence-corrected chi connectivity index (χ0v) is 9.25. The highest BCUT2D eigenvalue weighted by atomic mass is 79.9. The molecule has 1 rings (SSSR count). The molecule has 0 aromatic carbocycles. The van der Waals surface area contributed by atoms with Crippen molar-refractivity contribution in [2.45, 2.75) is 38.9 Å². The summed E-state index contributed by atoms with van der Waals surface area (Å²) in [7, 11) is 0. The van der Waals surface area contributed by atoms with E-state index in [2.05, 4.69) is 55.5 Å². The topological polar surface area (TPSA) is 0 Å². The Kier molecular flexibility index (Phi) is 2.09. The fraction of sp³-hybridized carbons (Fsp3) is 0.800. The average molecular weight is 215 g/mol. The Morgan fingerprint density at radius 3 is 2.18 bits per heavy atom. The van der Waals surface area contributed by atoms with Crippen molar-refractivity contribution < 1.29 is 0 Å². The van der Waals surface area contributed by atoms with Gasteiger partial charge in [-0.15, -0.1) is 0 Å². The molecule has 0 nitrogen and oxygen atoms in total. The Balaban J connectivity index is 2.59. The first-order chi connectivity index (χ1) is 4.83. The van der Waals surface area contributed by atoms with Crippen LogP contribution in [0.1, 0.15) is 34.1 Å². The van der Waals surface area contributed by atoms with Gasteiger partial charge in [-0.2, -0.15) is 0 Å². The smallest absolute Gasteiger partial charge is 0.0423 e. The lowest BCUT2D eigenvalue weighted by atomic mass is 9.96. The van der Waals surface area contributed by atoms with Crippen LogP contribution in [0.5, 0.6) is 0 Å². The van der Waals surface area contributed by atoms with Crippen molar-refractivity contribution in [2.75, 3.05) is 0 Å². The molecule has 0 radical (unpaired) electrons. The zero-order chi connectivity index (χ0) is 8.70. The number of rotatable bonds is 0. The molecule has 0 bridgehead atoms. The fourth-order valence-electron chi connectivity index (χ4n) is 0.773. The summed E-state index contributed by atoms with van der Waals surface area (Å²) in [5, 5.41) is 0. The van der Waals surface area contributed by atoms with Crippen LogP contribution in [-0.2, 0) is 0 Å². The largest absolute Gasteiger partial charge is 0.0968 e. The Hall–Kier alpha value is 0.0400. The lowest BCUT2D eigenvalue weighted by Gasteiger charge is -2.08. The van der Waals surface area contributed by atoms with E-state index in [1.54, 1.807) is 0 Å². The van der Waals surface area contributed by atoms with Gasteiger partial charge in [0.2, 0.25) is 0 Å². The van der Waals surface area contributed by atoms with Gasteiger partial charge in [0.05, 0.1) is 0 Å². The van der Waals surface area contributed by atoms with Gasteiger partial charge < -0.3 is 0 Å². The summed E-state index contributed by atoms with van der Waals surface area (Å²) in [4.78, 5) is 0.629. The van der Waals surface area contributed by atoms with E-state index >= 15 is 0 Å². The second-order valence-electron chi connectivity index (χ2n) is 4.59. The first-order valence-electron chi connectivity index (χ1n) is 4.02. The molecule has 0 aromatic rings. The second-order valence-corrected chi connectivity index (χ2v) is 5.69. The molecule has 0 aliphatic heterocycles. The van der Waals surface area contributed by atoms with E-state index in [9.17, 15) is 0 Å². The molecule has 0 N–H and O–H groups in total. The van der Waals surface area contributed by atoms with Crippen molar-refractivity contribution in [3.05, 3.63) is 0 Å². The number of halogens is 1. The zero-order valence-electron chi connectivity index (χ0n) is 7.66. The quantitative estimate of drug-likeness (QED) is 0.430. The van der Waals surface area contributed by atoms with E-state index in [1.165, 1.54) is 6.42 Å². The molecule has 1 aliphatic carbocycles. The predicted octanol–water partition coefficient (Wildman–Crippen LogP) is 3.21. The normalized spacial score (nSPS) is 35.9. The molecule has 2 atom stereocenters. The van der Waals surface area contributed by atoms with Crippen LogP contribution in [0.3, 0.4) is 0 Å². The molecule has 1 fully saturated rings. The second kappa shape index (κ2) is 2.52. The summed E-state index contributed by atoms with van der Waals surface area (Å²) in [6.07, 6.45) is 1.20. The molecule has 1 aliphatic rings. The first kappa shape index (κ1) is 9.13. The summed E-state index contributed by atoms with van der Waals surface area (Å²) < 4.78 is 0. The molecule has 0 spiro atoms. The highest BCUT2D eigenvalue weighted by Gasteiger charge is 2.47. The third-order valence-electron chi connectivity index (χ3n) is 1.86. The summed E-state index contributed by atoms with van der Waals surface area (Å²) >= 11 is 3.57. The molecule has 62 valence electrons. The number of hydrogen-bond donors (Lipinski definition) is 0. The first-order valence-corrected chi connectivity index (χ1v) is 4.93. The highest BCUT2D eigenvalue weighted by Crippen LogP contribution is 2.50. The maximum absolute atomic E-state index is 3.57. The number of alkyl halides is 1. The molecule has 0 saturated heterocycles. The SMILES string of the molecule is CC(C)(C)C#C[C@]1(C)C[C@@H]1Br. The van der Waals surface area contributed by atoms with Gasteiger partial charge >= 0.3 is 0 Å². The van der Waals surface area contributed by atoms with Crippen LogP contribution in [0.4, 0.5) is 0 Å². The molecular formula is C10H15Br. The van der Waals surface area contributed by atoms with Gasteiger partial charge in [0.15, 0.2) is 0 Å². The van der Waals surface area contributed by atoms with Crippen LogP contribution in [0.25, 0.3) is 0 Å². The van der Waals surface area contributed by atoms with Gasteiger partial charge in [0.25, 0.3) is 0 Å². The van der Waals surface area contributed by atoms with Gasteiger partial charge in [-0.05, 0) is 34.1 Å². The molecule has 0 aromatic heterocycles. The lowest BCUT2D eigenvalue weighted by Crippen LogP contribution is -2.02. The van der Waals surface area contributed by atoms with Gasteiger partial charge in [-0.3, -0.25) is 0 Å². The maximum atomic E-state index is 3.57. The van der Waals surface area contributed by atoms with Gasteiger partial charge in [-0.25, -0.2) is 0 Å². The number of hydrogen-bond acceptors (Lipinski definition) is 0. The van der Waals surface area contributed by atoms with E-state index in [0.29, 0.717) is 4.83 Å². The summed E-state index contributed by atoms with van der Waals surface area (Å²) in [6, 6.07) is 0. The van der Waals surface area contributed by atoms with E-state index in [-0.39, 0.29) is 10.8 Å². The molecule has 1 saturated carbocycles. The minimum atomic E-state index is 0.151. The Morgan fingerprint density at radius 2 is 1.91 bits per heavy atom. The van der Waals surface area contributed by atoms with Crippen LogP contribution < -0.4 is 0 Å². The maximum Gasteiger partial charge on any atom is 0.0423 e. The molecular weight excluding hydrogens is 200 g/mol. The van der Waals surface area contributed by atoms with Crippen LogP contribution in [0.15, 0.2) is 0 Å². The third kappa shape index (κ3) is 2.52. The van der Waals surface area contributed by atoms with Crippen LogP contribution in [0, 0.1) is 22.7 Å². The Morgan fingerprint density at radius 1 is 1.45 bits per heavy atom. The summed E-state index contributed by atoms with van der Waals surface area (Å²) in [6.45, 7) is 8.66. The Labute approximate surface area is 77.9 Å². The van der Waals surface area contributed by atoms with Crippen LogP contribution in [-0.4, -0.2) is 4.83 Å². The standard InChI is InChI=1S/C10H15Br/c1-9(2,3)5-6-10(4)7-8(10)11/h8H,7H2,1-4H3/t8-,10+/m0/s1. The van der Waals surface area contributed by atoms with Crippen molar-refractivity contribution in [3.8, 4) is 11.8 Å². The summed E-state index contributed by atoms with van der Waals surface area (Å²) in [5.41, 5.74) is 0.422. The van der Waals surface area contributed by atoms with Crippen molar-refractivity contribution in [1.29, 1.82) is 0 Å². The average Bonchev–Trinajstić information content (AvgIpc) is 2.36. The van der Waals surface area contributed by atoms with E-state index < -0.39 is 0 Å². The molecule has 0 unspecified atom stereocenters. The minimum absolute atomic E-state index is 0.151. The van der Waals surface area contributed by atoms with E-state index in [0.717, 1.165) is 0 Å². The van der Waals surface area contributed by atoms with E-state index in [1.807, 2.05) is 0 Å². The van der Waals surface area contributed by atoms with Gasteiger partial charge in [0.1, 0.15) is 0 Å². The Bertz CT molecular complexity index is 213. The lowest BCUT2D eigenvalue weighted by molar-refractivity contribution is 0.567. The molecule has 11 heavy (non-hydrogen) atoms.